The summed E-state index contributed by atoms with van der Waals surface area (Å²) in [6, 6.07) is 7.56. The molecule has 0 saturated carbocycles. The Morgan fingerprint density at radius 2 is 1.89 bits per heavy atom. The number of amides is 2. The minimum absolute atomic E-state index is 0.239. The molecule has 0 saturated heterocycles. The van der Waals surface area contributed by atoms with E-state index < -0.39 is 0 Å². The fourth-order valence-corrected chi connectivity index (χ4v) is 1.80. The lowest BCUT2D eigenvalue weighted by Gasteiger charge is -2.07. The van der Waals surface area contributed by atoms with Gasteiger partial charge in [-0.15, -0.1) is 11.6 Å². The number of aliphatic hydroxyl groups excluding tert-OH is 1. The van der Waals surface area contributed by atoms with E-state index in [1.54, 1.807) is 0 Å². The quantitative estimate of drug-likeness (QED) is 0.508. The van der Waals surface area contributed by atoms with Crippen LogP contribution in [0.4, 0.5) is 10.5 Å². The number of rotatable bonds is 8. The Labute approximate surface area is 119 Å². The van der Waals surface area contributed by atoms with Crippen LogP contribution in [0.25, 0.3) is 0 Å². The number of carbonyl (C=O) groups is 1. The van der Waals surface area contributed by atoms with Gasteiger partial charge in [0.2, 0.25) is 0 Å². The highest BCUT2D eigenvalue weighted by molar-refractivity contribution is 6.18. The molecular weight excluding hydrogens is 264 g/mol. The predicted molar refractivity (Wildman–Crippen MR) is 78.8 cm³/mol. The molecule has 0 unspecified atom stereocenters. The lowest BCUT2D eigenvalue weighted by Crippen LogP contribution is -2.30. The van der Waals surface area contributed by atoms with E-state index in [1.165, 1.54) is 5.56 Å². The third-order valence-corrected chi connectivity index (χ3v) is 2.90. The monoisotopic (exact) mass is 284 g/mol. The van der Waals surface area contributed by atoms with E-state index in [4.69, 9.17) is 16.7 Å². The van der Waals surface area contributed by atoms with Gasteiger partial charge in [0.15, 0.2) is 0 Å². The topological polar surface area (TPSA) is 61.4 Å². The van der Waals surface area contributed by atoms with Crippen molar-refractivity contribution in [1.29, 1.82) is 0 Å². The summed E-state index contributed by atoms with van der Waals surface area (Å²) in [5.74, 6) is 0.403. The predicted octanol–water partition coefficient (Wildman–Crippen LogP) is 2.75. The van der Waals surface area contributed by atoms with E-state index >= 15 is 0 Å². The molecule has 19 heavy (non-hydrogen) atoms. The summed E-state index contributed by atoms with van der Waals surface area (Å²) in [5.41, 5.74) is 2.01. The number of halogens is 1. The van der Waals surface area contributed by atoms with E-state index in [0.29, 0.717) is 12.4 Å². The Bertz CT molecular complexity index is 368. The summed E-state index contributed by atoms with van der Waals surface area (Å²) < 4.78 is 0. The summed E-state index contributed by atoms with van der Waals surface area (Å²) in [5, 5.41) is 14.1. The third-order valence-electron chi connectivity index (χ3n) is 2.72. The highest BCUT2D eigenvalue weighted by Gasteiger charge is 2.00. The molecule has 106 valence electrons. The second-order valence-electron chi connectivity index (χ2n) is 4.30. The fourth-order valence-electron chi connectivity index (χ4n) is 1.71. The average molecular weight is 285 g/mol. The summed E-state index contributed by atoms with van der Waals surface area (Å²) in [7, 11) is 0. The molecule has 5 heteroatoms. The fraction of sp³-hybridized carbons (Fsp3) is 0.500. The van der Waals surface area contributed by atoms with Crippen LogP contribution in [-0.2, 0) is 6.42 Å². The summed E-state index contributed by atoms with van der Waals surface area (Å²) in [4.78, 5) is 11.4. The van der Waals surface area contributed by atoms with E-state index in [2.05, 4.69) is 10.6 Å². The van der Waals surface area contributed by atoms with Crippen LogP contribution in [0.15, 0.2) is 24.3 Å². The zero-order valence-corrected chi connectivity index (χ0v) is 11.7. The Morgan fingerprint density at radius 3 is 2.53 bits per heavy atom. The first kappa shape index (κ1) is 15.8. The first-order valence-electron chi connectivity index (χ1n) is 6.57. The normalized spacial score (nSPS) is 10.2. The zero-order chi connectivity index (χ0) is 13.9. The maximum absolute atomic E-state index is 11.4. The summed E-state index contributed by atoms with van der Waals surface area (Å²) in [6.07, 6.45) is 3.97. The maximum atomic E-state index is 11.4. The Hall–Kier alpha value is -1.26. The van der Waals surface area contributed by atoms with Crippen molar-refractivity contribution in [3.8, 4) is 0 Å². The van der Waals surface area contributed by atoms with Crippen LogP contribution in [0.2, 0.25) is 0 Å². The van der Waals surface area contributed by atoms with Gasteiger partial charge < -0.3 is 15.7 Å². The maximum Gasteiger partial charge on any atom is 0.319 e. The number of alkyl halides is 1. The summed E-state index contributed by atoms with van der Waals surface area (Å²) >= 11 is 5.48. The third kappa shape index (κ3) is 7.03. The highest BCUT2D eigenvalue weighted by Crippen LogP contribution is 2.12. The molecule has 0 spiro atoms. The van der Waals surface area contributed by atoms with Gasteiger partial charge in [-0.05, 0) is 37.0 Å². The number of aryl methyl sites for hydroxylation is 1. The van der Waals surface area contributed by atoms with E-state index in [-0.39, 0.29) is 12.6 Å². The molecule has 1 rings (SSSR count). The molecule has 0 fully saturated rings. The smallest absolute Gasteiger partial charge is 0.319 e. The van der Waals surface area contributed by atoms with E-state index in [1.807, 2.05) is 24.3 Å². The largest absolute Gasteiger partial charge is 0.396 e. The van der Waals surface area contributed by atoms with Gasteiger partial charge in [0.25, 0.3) is 0 Å². The molecule has 3 N–H and O–H groups in total. The minimum Gasteiger partial charge on any atom is -0.396 e. The van der Waals surface area contributed by atoms with Gasteiger partial charge in [-0.3, -0.25) is 0 Å². The molecule has 1 aromatic rings. The van der Waals surface area contributed by atoms with Crippen LogP contribution in [0.3, 0.4) is 0 Å². The van der Waals surface area contributed by atoms with Crippen molar-refractivity contribution in [3.05, 3.63) is 29.8 Å². The first-order valence-corrected chi connectivity index (χ1v) is 7.10. The Kier molecular flexibility index (Phi) is 8.02. The van der Waals surface area contributed by atoms with E-state index in [9.17, 15) is 4.79 Å². The van der Waals surface area contributed by atoms with Gasteiger partial charge in [0.05, 0.1) is 0 Å². The van der Waals surface area contributed by atoms with Crippen LogP contribution < -0.4 is 10.6 Å². The molecule has 0 bridgehead atoms. The average Bonchev–Trinajstić information content (AvgIpc) is 2.43. The van der Waals surface area contributed by atoms with Crippen molar-refractivity contribution in [2.75, 3.05) is 24.3 Å². The zero-order valence-electron chi connectivity index (χ0n) is 11.0. The molecule has 0 radical (unpaired) electrons. The second-order valence-corrected chi connectivity index (χ2v) is 4.68. The molecule has 4 nitrogen and oxygen atoms in total. The van der Waals surface area contributed by atoms with Crippen LogP contribution in [-0.4, -0.2) is 30.2 Å². The van der Waals surface area contributed by atoms with Crippen molar-refractivity contribution >= 4 is 23.3 Å². The van der Waals surface area contributed by atoms with E-state index in [0.717, 1.165) is 31.4 Å². The molecule has 2 amide bonds. The van der Waals surface area contributed by atoms with Crippen LogP contribution >= 0.6 is 11.6 Å². The molecule has 0 aliphatic heterocycles. The van der Waals surface area contributed by atoms with Crippen molar-refractivity contribution in [2.24, 2.45) is 0 Å². The first-order chi connectivity index (χ1) is 9.26. The van der Waals surface area contributed by atoms with Crippen LogP contribution in [0.1, 0.15) is 24.8 Å². The van der Waals surface area contributed by atoms with Gasteiger partial charge in [0, 0.05) is 24.7 Å². The number of benzene rings is 1. The number of hydrogen-bond donors (Lipinski definition) is 3. The Morgan fingerprint density at radius 1 is 1.16 bits per heavy atom. The molecule has 0 aliphatic rings. The van der Waals surface area contributed by atoms with Crippen molar-refractivity contribution in [2.45, 2.75) is 25.7 Å². The molecular formula is C14H21ClN2O2. The number of anilines is 1. The second kappa shape index (κ2) is 9.64. The highest BCUT2D eigenvalue weighted by atomic mass is 35.5. The minimum atomic E-state index is -0.239. The molecule has 0 aromatic heterocycles. The number of unbranched alkanes of at least 4 members (excludes halogenated alkanes) is 2. The lowest BCUT2D eigenvalue weighted by molar-refractivity contribution is 0.252. The number of carbonyl (C=O) groups excluding carboxylic acids is 1. The number of hydrogen-bond acceptors (Lipinski definition) is 2. The molecule has 0 aliphatic carbocycles. The number of nitrogens with one attached hydrogen (secondary N) is 2. The van der Waals surface area contributed by atoms with Crippen molar-refractivity contribution < 1.29 is 9.90 Å². The van der Waals surface area contributed by atoms with Crippen molar-refractivity contribution in [3.63, 3.8) is 0 Å². The molecule has 0 heterocycles. The Balaban J connectivity index is 2.32. The van der Waals surface area contributed by atoms with Gasteiger partial charge in [-0.25, -0.2) is 4.79 Å². The van der Waals surface area contributed by atoms with Crippen molar-refractivity contribution in [1.82, 2.24) is 5.32 Å². The van der Waals surface area contributed by atoms with Gasteiger partial charge in [0.1, 0.15) is 0 Å². The lowest BCUT2D eigenvalue weighted by atomic mass is 10.1. The van der Waals surface area contributed by atoms with Gasteiger partial charge >= 0.3 is 6.03 Å². The standard InChI is InChI=1S/C14H21ClN2O2/c15-9-10-16-14(19)17-13-7-5-12(6-8-13)4-2-1-3-11-18/h5-8,18H,1-4,9-11H2,(H2,16,17,19). The van der Waals surface area contributed by atoms with Crippen LogP contribution in [0, 0.1) is 0 Å². The number of urea groups is 1. The SMILES string of the molecule is O=C(NCCCl)Nc1ccc(CCCCCO)cc1. The molecule has 1 aromatic carbocycles. The molecule has 0 atom stereocenters. The van der Waals surface area contributed by atoms with Gasteiger partial charge in [-0.1, -0.05) is 18.6 Å². The van der Waals surface area contributed by atoms with Gasteiger partial charge in [-0.2, -0.15) is 0 Å². The summed E-state index contributed by atoms with van der Waals surface area (Å²) in [6.45, 7) is 0.719. The van der Waals surface area contributed by atoms with Crippen LogP contribution in [0.5, 0.6) is 0 Å². The number of aliphatic hydroxyl groups is 1.